The highest BCUT2D eigenvalue weighted by Gasteiger charge is 2.39. The Labute approximate surface area is 123 Å². The fraction of sp³-hybridized carbons (Fsp3) is 0.875. The average molecular weight is 282 g/mol. The van der Waals surface area contributed by atoms with Crippen LogP contribution in [0.15, 0.2) is 0 Å². The lowest BCUT2D eigenvalue weighted by molar-refractivity contribution is -0.138. The van der Waals surface area contributed by atoms with E-state index in [2.05, 4.69) is 26.1 Å². The molecule has 1 saturated heterocycles. The number of nitrogens with one attached hydrogen (secondary N) is 1. The van der Waals surface area contributed by atoms with E-state index in [0.29, 0.717) is 18.9 Å². The monoisotopic (exact) mass is 282 g/mol. The van der Waals surface area contributed by atoms with Crippen molar-refractivity contribution in [1.82, 2.24) is 10.2 Å². The van der Waals surface area contributed by atoms with Crippen molar-refractivity contribution in [3.63, 3.8) is 0 Å². The first-order chi connectivity index (χ1) is 9.16. The van der Waals surface area contributed by atoms with Gasteiger partial charge in [0.05, 0.1) is 0 Å². The summed E-state index contributed by atoms with van der Waals surface area (Å²) in [7, 11) is 0. The van der Waals surface area contributed by atoms with E-state index in [1.807, 2.05) is 25.7 Å². The number of rotatable bonds is 4. The van der Waals surface area contributed by atoms with Gasteiger partial charge in [-0.1, -0.05) is 41.0 Å². The van der Waals surface area contributed by atoms with Gasteiger partial charge in [-0.25, -0.2) is 0 Å². The molecule has 3 unspecified atom stereocenters. The van der Waals surface area contributed by atoms with Crippen LogP contribution in [0.3, 0.4) is 0 Å². The van der Waals surface area contributed by atoms with Crippen LogP contribution in [0.5, 0.6) is 0 Å². The Morgan fingerprint density at radius 1 is 1.30 bits per heavy atom. The zero-order valence-electron chi connectivity index (χ0n) is 13.8. The molecule has 0 aromatic rings. The van der Waals surface area contributed by atoms with Gasteiger partial charge in [-0.15, -0.1) is 0 Å². The minimum atomic E-state index is -0.420. The summed E-state index contributed by atoms with van der Waals surface area (Å²) in [5.74, 6) is 0.647. The Morgan fingerprint density at radius 3 is 2.40 bits per heavy atom. The van der Waals surface area contributed by atoms with Gasteiger partial charge in [0.1, 0.15) is 6.04 Å². The molecule has 0 radical (unpaired) electrons. The van der Waals surface area contributed by atoms with E-state index in [9.17, 15) is 9.59 Å². The van der Waals surface area contributed by atoms with E-state index < -0.39 is 6.04 Å². The molecule has 0 saturated carbocycles. The number of amides is 2. The SMILES string of the molecule is CCC(C)CC(C)N1CCC(=O)NC(C(C)(C)C)C1=O. The predicted octanol–water partition coefficient (Wildman–Crippen LogP) is 2.57. The first-order valence-electron chi connectivity index (χ1n) is 7.76. The summed E-state index contributed by atoms with van der Waals surface area (Å²) in [6.45, 7) is 13.0. The predicted molar refractivity (Wildman–Crippen MR) is 81.2 cm³/mol. The van der Waals surface area contributed by atoms with Crippen molar-refractivity contribution < 1.29 is 9.59 Å². The maximum atomic E-state index is 12.8. The topological polar surface area (TPSA) is 49.4 Å². The molecule has 2 amide bonds. The third-order valence-electron chi connectivity index (χ3n) is 4.25. The summed E-state index contributed by atoms with van der Waals surface area (Å²) in [5.41, 5.74) is -0.259. The Kier molecular flexibility index (Phi) is 5.60. The molecule has 4 heteroatoms. The van der Waals surface area contributed by atoms with Crippen LogP contribution in [-0.2, 0) is 9.59 Å². The molecule has 1 aliphatic heterocycles. The van der Waals surface area contributed by atoms with Crippen molar-refractivity contribution in [2.45, 2.75) is 72.9 Å². The lowest BCUT2D eigenvalue weighted by Crippen LogP contribution is -2.53. The summed E-state index contributed by atoms with van der Waals surface area (Å²) < 4.78 is 0. The second-order valence-corrected chi connectivity index (χ2v) is 7.25. The highest BCUT2D eigenvalue weighted by Crippen LogP contribution is 2.25. The van der Waals surface area contributed by atoms with Crippen LogP contribution < -0.4 is 5.32 Å². The maximum absolute atomic E-state index is 12.8. The van der Waals surface area contributed by atoms with Crippen LogP contribution in [-0.4, -0.2) is 35.3 Å². The maximum Gasteiger partial charge on any atom is 0.245 e. The van der Waals surface area contributed by atoms with Crippen LogP contribution in [0.4, 0.5) is 0 Å². The molecule has 0 aliphatic carbocycles. The Balaban J connectivity index is 2.89. The summed E-state index contributed by atoms with van der Waals surface area (Å²) >= 11 is 0. The van der Waals surface area contributed by atoms with Crippen LogP contribution in [0.2, 0.25) is 0 Å². The Morgan fingerprint density at radius 2 is 1.90 bits per heavy atom. The lowest BCUT2D eigenvalue weighted by atomic mass is 9.85. The van der Waals surface area contributed by atoms with Crippen molar-refractivity contribution in [2.24, 2.45) is 11.3 Å². The lowest BCUT2D eigenvalue weighted by Gasteiger charge is -2.35. The molecule has 3 atom stereocenters. The molecular formula is C16H30N2O2. The molecule has 4 nitrogen and oxygen atoms in total. The van der Waals surface area contributed by atoms with Gasteiger partial charge in [-0.05, 0) is 24.7 Å². The molecule has 1 rings (SSSR count). The number of carbonyl (C=O) groups excluding carboxylic acids is 2. The summed E-state index contributed by atoms with van der Waals surface area (Å²) in [6, 6.07) is -0.230. The number of hydrogen-bond acceptors (Lipinski definition) is 2. The third-order valence-corrected chi connectivity index (χ3v) is 4.25. The molecule has 116 valence electrons. The zero-order chi connectivity index (χ0) is 15.5. The van der Waals surface area contributed by atoms with Crippen molar-refractivity contribution in [3.05, 3.63) is 0 Å². The minimum Gasteiger partial charge on any atom is -0.344 e. The van der Waals surface area contributed by atoms with Crippen molar-refractivity contribution in [1.29, 1.82) is 0 Å². The van der Waals surface area contributed by atoms with Crippen LogP contribution in [0, 0.1) is 11.3 Å². The minimum absolute atomic E-state index is 0.0171. The molecule has 0 aromatic carbocycles. The molecule has 0 spiro atoms. The van der Waals surface area contributed by atoms with Crippen molar-refractivity contribution >= 4 is 11.8 Å². The zero-order valence-corrected chi connectivity index (χ0v) is 13.8. The standard InChI is InChI=1S/C16H30N2O2/c1-7-11(2)10-12(3)18-9-8-13(19)17-14(15(18)20)16(4,5)6/h11-12,14H,7-10H2,1-6H3,(H,17,19). The summed E-state index contributed by atoms with van der Waals surface area (Å²) in [6.07, 6.45) is 2.52. The van der Waals surface area contributed by atoms with Crippen LogP contribution in [0.1, 0.15) is 60.8 Å². The second-order valence-electron chi connectivity index (χ2n) is 7.25. The van der Waals surface area contributed by atoms with E-state index in [-0.39, 0.29) is 23.3 Å². The molecule has 1 fully saturated rings. The van der Waals surface area contributed by atoms with Crippen molar-refractivity contribution in [3.8, 4) is 0 Å². The van der Waals surface area contributed by atoms with Gasteiger partial charge in [0.15, 0.2) is 0 Å². The molecule has 1 heterocycles. The fourth-order valence-corrected chi connectivity index (χ4v) is 2.69. The van der Waals surface area contributed by atoms with Gasteiger partial charge < -0.3 is 10.2 Å². The van der Waals surface area contributed by atoms with E-state index >= 15 is 0 Å². The fourth-order valence-electron chi connectivity index (χ4n) is 2.69. The van der Waals surface area contributed by atoms with E-state index in [1.54, 1.807) is 0 Å². The van der Waals surface area contributed by atoms with Gasteiger partial charge in [-0.3, -0.25) is 9.59 Å². The molecule has 1 N–H and O–H groups in total. The van der Waals surface area contributed by atoms with E-state index in [4.69, 9.17) is 0 Å². The Bertz CT molecular complexity index is 360. The van der Waals surface area contributed by atoms with Gasteiger partial charge in [0.25, 0.3) is 0 Å². The molecule has 20 heavy (non-hydrogen) atoms. The van der Waals surface area contributed by atoms with Gasteiger partial charge >= 0.3 is 0 Å². The number of carbonyl (C=O) groups is 2. The van der Waals surface area contributed by atoms with Gasteiger partial charge in [-0.2, -0.15) is 0 Å². The Hall–Kier alpha value is -1.06. The van der Waals surface area contributed by atoms with Crippen LogP contribution in [0.25, 0.3) is 0 Å². The molecule has 1 aliphatic rings. The largest absolute Gasteiger partial charge is 0.344 e. The van der Waals surface area contributed by atoms with E-state index in [1.165, 1.54) is 0 Å². The molecular weight excluding hydrogens is 252 g/mol. The normalized spacial score (nSPS) is 24.1. The highest BCUT2D eigenvalue weighted by atomic mass is 16.2. The molecule has 0 aromatic heterocycles. The summed E-state index contributed by atoms with van der Waals surface area (Å²) in [4.78, 5) is 26.5. The number of nitrogens with zero attached hydrogens (tertiary/aromatic N) is 1. The second kappa shape index (κ2) is 6.59. The van der Waals surface area contributed by atoms with Crippen molar-refractivity contribution in [2.75, 3.05) is 6.54 Å². The van der Waals surface area contributed by atoms with Gasteiger partial charge in [0.2, 0.25) is 11.8 Å². The highest BCUT2D eigenvalue weighted by molar-refractivity contribution is 5.90. The van der Waals surface area contributed by atoms with E-state index in [0.717, 1.165) is 12.8 Å². The molecule has 0 bridgehead atoms. The third kappa shape index (κ3) is 4.22. The average Bonchev–Trinajstić information content (AvgIpc) is 2.48. The van der Waals surface area contributed by atoms with Gasteiger partial charge in [0, 0.05) is 19.0 Å². The van der Waals surface area contributed by atoms with Crippen LogP contribution >= 0.6 is 0 Å². The first-order valence-corrected chi connectivity index (χ1v) is 7.76. The summed E-state index contributed by atoms with van der Waals surface area (Å²) in [5, 5.41) is 2.89. The quantitative estimate of drug-likeness (QED) is 0.861. The number of hydrogen-bond donors (Lipinski definition) is 1. The smallest absolute Gasteiger partial charge is 0.245 e. The first kappa shape index (κ1) is 17.0.